The molecule has 0 saturated carbocycles. The molecule has 1 amide bonds. The first-order valence-electron chi connectivity index (χ1n) is 4.82. The van der Waals surface area contributed by atoms with Crippen LogP contribution in [-0.2, 0) is 7.05 Å². The Balaban J connectivity index is 2.80. The average Bonchev–Trinajstić information content (AvgIpc) is 2.42. The minimum absolute atomic E-state index is 0.0479. The quantitative estimate of drug-likeness (QED) is 0.736. The molecule has 1 heterocycles. The summed E-state index contributed by atoms with van der Waals surface area (Å²) in [4.78, 5) is 13.5. The minimum atomic E-state index is -0.0504. The van der Waals surface area contributed by atoms with Crippen LogP contribution in [-0.4, -0.2) is 39.6 Å². The highest BCUT2D eigenvalue weighted by molar-refractivity contribution is 6.20. The first kappa shape index (κ1) is 12.0. The highest BCUT2D eigenvalue weighted by Crippen LogP contribution is 2.07. The number of amides is 1. The second-order valence-corrected chi connectivity index (χ2v) is 4.51. The summed E-state index contributed by atoms with van der Waals surface area (Å²) in [5, 5.41) is 4.08. The van der Waals surface area contributed by atoms with Crippen molar-refractivity contribution in [1.82, 2.24) is 14.7 Å². The van der Waals surface area contributed by atoms with E-state index in [1.807, 2.05) is 13.8 Å². The van der Waals surface area contributed by atoms with E-state index in [0.29, 0.717) is 12.2 Å². The van der Waals surface area contributed by atoms with Crippen LogP contribution in [0.4, 0.5) is 0 Å². The summed E-state index contributed by atoms with van der Waals surface area (Å²) in [7, 11) is 3.50. The molecule has 0 aliphatic rings. The summed E-state index contributed by atoms with van der Waals surface area (Å²) in [5.41, 5.74) is 1.43. The maximum absolute atomic E-state index is 11.9. The van der Waals surface area contributed by atoms with Crippen LogP contribution in [0.1, 0.15) is 23.1 Å². The van der Waals surface area contributed by atoms with E-state index in [-0.39, 0.29) is 11.3 Å². The minimum Gasteiger partial charge on any atom is -0.339 e. The van der Waals surface area contributed by atoms with Crippen molar-refractivity contribution in [3.05, 3.63) is 17.5 Å². The molecule has 5 heteroatoms. The fraction of sp³-hybridized carbons (Fsp3) is 0.600. The number of aromatic nitrogens is 2. The summed E-state index contributed by atoms with van der Waals surface area (Å²) in [6, 6.07) is 1.78. The van der Waals surface area contributed by atoms with E-state index in [1.165, 1.54) is 0 Å². The average molecular weight is 230 g/mol. The molecular weight excluding hydrogens is 214 g/mol. The van der Waals surface area contributed by atoms with Crippen molar-refractivity contribution < 1.29 is 4.79 Å². The van der Waals surface area contributed by atoms with Gasteiger partial charge in [-0.3, -0.25) is 9.48 Å². The molecule has 0 aromatic carbocycles. The van der Waals surface area contributed by atoms with Crippen molar-refractivity contribution in [2.24, 2.45) is 7.05 Å². The molecular formula is C10H16ClN3O. The normalized spacial score (nSPS) is 12.6. The Morgan fingerprint density at radius 1 is 1.73 bits per heavy atom. The van der Waals surface area contributed by atoms with Crippen LogP contribution < -0.4 is 0 Å². The molecule has 1 aromatic heterocycles. The monoisotopic (exact) mass is 229 g/mol. The maximum Gasteiger partial charge on any atom is 0.271 e. The predicted molar refractivity (Wildman–Crippen MR) is 60.2 cm³/mol. The number of alkyl halides is 1. The molecule has 15 heavy (non-hydrogen) atoms. The number of rotatable bonds is 3. The molecule has 0 radical (unpaired) electrons. The van der Waals surface area contributed by atoms with Crippen LogP contribution in [0.3, 0.4) is 0 Å². The van der Waals surface area contributed by atoms with Gasteiger partial charge in [0, 0.05) is 26.0 Å². The second-order valence-electron chi connectivity index (χ2n) is 3.76. The molecule has 4 nitrogen and oxygen atoms in total. The lowest BCUT2D eigenvalue weighted by molar-refractivity contribution is 0.0785. The molecule has 0 fully saturated rings. The molecule has 0 bridgehead atoms. The number of hydrogen-bond acceptors (Lipinski definition) is 2. The van der Waals surface area contributed by atoms with Crippen LogP contribution in [0.5, 0.6) is 0 Å². The van der Waals surface area contributed by atoms with Crippen molar-refractivity contribution in [2.75, 3.05) is 13.6 Å². The van der Waals surface area contributed by atoms with Crippen molar-refractivity contribution in [3.8, 4) is 0 Å². The zero-order valence-electron chi connectivity index (χ0n) is 9.49. The van der Waals surface area contributed by atoms with Gasteiger partial charge in [-0.1, -0.05) is 0 Å². The number of hydrogen-bond donors (Lipinski definition) is 0. The Hall–Kier alpha value is -1.03. The molecule has 84 valence electrons. The van der Waals surface area contributed by atoms with E-state index < -0.39 is 0 Å². The summed E-state index contributed by atoms with van der Waals surface area (Å²) < 4.78 is 1.59. The molecule has 0 saturated heterocycles. The fourth-order valence-electron chi connectivity index (χ4n) is 1.47. The number of nitrogens with zero attached hydrogens (tertiary/aromatic N) is 3. The summed E-state index contributed by atoms with van der Waals surface area (Å²) in [5.74, 6) is -0.0504. The van der Waals surface area contributed by atoms with Gasteiger partial charge in [-0.05, 0) is 19.9 Å². The third-order valence-corrected chi connectivity index (χ3v) is 2.23. The van der Waals surface area contributed by atoms with Gasteiger partial charge in [0.25, 0.3) is 5.91 Å². The van der Waals surface area contributed by atoms with Crippen LogP contribution in [0.25, 0.3) is 0 Å². The van der Waals surface area contributed by atoms with E-state index in [4.69, 9.17) is 11.6 Å². The Labute approximate surface area is 94.8 Å². The molecule has 1 aromatic rings. The molecule has 0 aliphatic carbocycles. The van der Waals surface area contributed by atoms with Gasteiger partial charge in [-0.25, -0.2) is 0 Å². The standard InChI is InChI=1S/C10H16ClN3O/c1-7(11)6-13(3)10(15)9-5-8(2)12-14(9)4/h5,7H,6H2,1-4H3. The Morgan fingerprint density at radius 2 is 2.33 bits per heavy atom. The van der Waals surface area contributed by atoms with E-state index in [9.17, 15) is 4.79 Å². The highest BCUT2D eigenvalue weighted by atomic mass is 35.5. The van der Waals surface area contributed by atoms with Crippen LogP contribution >= 0.6 is 11.6 Å². The zero-order chi connectivity index (χ0) is 11.6. The van der Waals surface area contributed by atoms with Crippen LogP contribution in [0.15, 0.2) is 6.07 Å². The third-order valence-electron chi connectivity index (χ3n) is 2.09. The van der Waals surface area contributed by atoms with Gasteiger partial charge in [0.05, 0.1) is 5.69 Å². The van der Waals surface area contributed by atoms with Crippen LogP contribution in [0.2, 0.25) is 0 Å². The van der Waals surface area contributed by atoms with Crippen molar-refractivity contribution in [1.29, 1.82) is 0 Å². The molecule has 0 N–H and O–H groups in total. The van der Waals surface area contributed by atoms with Gasteiger partial charge in [-0.2, -0.15) is 5.10 Å². The zero-order valence-corrected chi connectivity index (χ0v) is 10.2. The number of halogens is 1. The van der Waals surface area contributed by atoms with Gasteiger partial charge in [-0.15, -0.1) is 11.6 Å². The lowest BCUT2D eigenvalue weighted by Crippen LogP contribution is -2.32. The largest absolute Gasteiger partial charge is 0.339 e. The van der Waals surface area contributed by atoms with E-state index in [0.717, 1.165) is 5.69 Å². The maximum atomic E-state index is 11.9. The lowest BCUT2D eigenvalue weighted by Gasteiger charge is -2.18. The van der Waals surface area contributed by atoms with E-state index >= 15 is 0 Å². The Morgan fingerprint density at radius 3 is 2.73 bits per heavy atom. The van der Waals surface area contributed by atoms with Gasteiger partial charge in [0.15, 0.2) is 0 Å². The van der Waals surface area contributed by atoms with Gasteiger partial charge in [0.2, 0.25) is 0 Å². The highest BCUT2D eigenvalue weighted by Gasteiger charge is 2.17. The SMILES string of the molecule is Cc1cc(C(=O)N(C)CC(C)Cl)n(C)n1. The Kier molecular flexibility index (Phi) is 3.74. The number of carbonyl (C=O) groups excluding carboxylic acids is 1. The summed E-state index contributed by atoms with van der Waals surface area (Å²) in [6.45, 7) is 4.26. The van der Waals surface area contributed by atoms with Gasteiger partial charge in [0.1, 0.15) is 5.69 Å². The molecule has 0 aliphatic heterocycles. The molecule has 0 spiro atoms. The number of aryl methyl sites for hydroxylation is 2. The molecule has 1 unspecified atom stereocenters. The summed E-state index contributed by atoms with van der Waals surface area (Å²) >= 11 is 5.83. The molecule has 1 atom stereocenters. The van der Waals surface area contributed by atoms with Gasteiger partial charge >= 0.3 is 0 Å². The molecule has 1 rings (SSSR count). The first-order chi connectivity index (χ1) is 6.91. The van der Waals surface area contributed by atoms with Crippen molar-refractivity contribution >= 4 is 17.5 Å². The third kappa shape index (κ3) is 2.96. The van der Waals surface area contributed by atoms with Crippen LogP contribution in [0, 0.1) is 6.92 Å². The first-order valence-corrected chi connectivity index (χ1v) is 5.25. The topological polar surface area (TPSA) is 38.1 Å². The predicted octanol–water partition coefficient (Wildman–Crippen LogP) is 1.43. The summed E-state index contributed by atoms with van der Waals surface area (Å²) in [6.07, 6.45) is 0. The van der Waals surface area contributed by atoms with E-state index in [2.05, 4.69) is 5.10 Å². The van der Waals surface area contributed by atoms with Gasteiger partial charge < -0.3 is 4.90 Å². The van der Waals surface area contributed by atoms with Crippen molar-refractivity contribution in [2.45, 2.75) is 19.2 Å². The number of carbonyl (C=O) groups is 1. The second kappa shape index (κ2) is 4.66. The lowest BCUT2D eigenvalue weighted by atomic mass is 10.3. The van der Waals surface area contributed by atoms with E-state index in [1.54, 1.807) is 29.7 Å². The Bertz CT molecular complexity index is 360. The fourth-order valence-corrected chi connectivity index (χ4v) is 1.67. The van der Waals surface area contributed by atoms with Crippen molar-refractivity contribution in [3.63, 3.8) is 0 Å². The smallest absolute Gasteiger partial charge is 0.271 e.